The van der Waals surface area contributed by atoms with Crippen molar-refractivity contribution in [3.8, 4) is 23.0 Å². The Balaban J connectivity index is 1.38. The molecular weight excluding hydrogens is 745 g/mol. The number of nitro benzene ring substituents is 2. The van der Waals surface area contributed by atoms with Gasteiger partial charge < -0.3 is 18.9 Å². The third kappa shape index (κ3) is 9.76. The number of rotatable bonds is 12. The van der Waals surface area contributed by atoms with Crippen molar-refractivity contribution in [2.75, 3.05) is 13.2 Å². The molecule has 4 aromatic carbocycles. The predicted molar refractivity (Wildman–Crippen MR) is 164 cm³/mol. The quantitative estimate of drug-likeness (QED) is 0.0447. The third-order valence-corrected chi connectivity index (χ3v) is 7.09. The van der Waals surface area contributed by atoms with Crippen molar-refractivity contribution in [2.45, 2.75) is 18.8 Å². The Hall–Kier alpha value is -5.62. The molecule has 4 rings (SSSR count). The van der Waals surface area contributed by atoms with Crippen LogP contribution in [-0.4, -0.2) is 35.0 Å². The number of nitro groups is 2. The van der Waals surface area contributed by atoms with E-state index in [1.807, 2.05) is 0 Å². The molecule has 20 heteroatoms. The average Bonchev–Trinajstić information content (AvgIpc) is 3.05. The number of ether oxygens (including phenoxy) is 4. The van der Waals surface area contributed by atoms with Gasteiger partial charge in [0.15, 0.2) is 0 Å². The summed E-state index contributed by atoms with van der Waals surface area (Å²) in [4.78, 5) is 46.6. The summed E-state index contributed by atoms with van der Waals surface area (Å²) < 4.78 is 98.5. The van der Waals surface area contributed by atoms with Gasteiger partial charge in [0.1, 0.15) is 34.1 Å². The number of alkyl halides is 6. The van der Waals surface area contributed by atoms with Crippen LogP contribution in [0.4, 0.5) is 37.7 Å². The smallest absolute Gasteiger partial charge is 0.416 e. The van der Waals surface area contributed by atoms with Gasteiger partial charge in [0.05, 0.1) is 44.2 Å². The maximum absolute atomic E-state index is 12.9. The van der Waals surface area contributed by atoms with E-state index in [0.717, 1.165) is 48.5 Å². The first-order valence-electron chi connectivity index (χ1n) is 13.9. The van der Waals surface area contributed by atoms with Crippen LogP contribution in [0.2, 0.25) is 10.0 Å². The Bertz CT molecular complexity index is 1870. The number of carbonyl (C=O) groups is 2. The van der Waals surface area contributed by atoms with Gasteiger partial charge in [0.2, 0.25) is 0 Å². The molecule has 0 amide bonds. The Labute approximate surface area is 291 Å². The number of halogens is 8. The van der Waals surface area contributed by atoms with Crippen molar-refractivity contribution in [3.63, 3.8) is 0 Å². The van der Waals surface area contributed by atoms with Crippen LogP contribution in [0.15, 0.2) is 72.8 Å². The monoisotopic (exact) mass is 762 g/mol. The lowest BCUT2D eigenvalue weighted by Crippen LogP contribution is -2.13. The van der Waals surface area contributed by atoms with E-state index in [0.29, 0.717) is 24.3 Å². The Morgan fingerprint density at radius 1 is 0.608 bits per heavy atom. The van der Waals surface area contributed by atoms with E-state index in [4.69, 9.17) is 42.1 Å². The van der Waals surface area contributed by atoms with Crippen molar-refractivity contribution in [3.05, 3.63) is 125 Å². The molecule has 4 aromatic rings. The van der Waals surface area contributed by atoms with Gasteiger partial charge in [0.25, 0.3) is 11.4 Å². The van der Waals surface area contributed by atoms with Crippen LogP contribution in [0.1, 0.15) is 38.3 Å². The predicted octanol–water partition coefficient (Wildman–Crippen LogP) is 9.84. The summed E-state index contributed by atoms with van der Waals surface area (Å²) in [6, 6.07) is 10.1. The summed E-state index contributed by atoms with van der Waals surface area (Å²) >= 11 is 11.8. The molecular formula is C31H18Cl2F6N2O10. The van der Waals surface area contributed by atoms with Crippen molar-refractivity contribution in [1.29, 1.82) is 0 Å². The molecule has 0 spiro atoms. The van der Waals surface area contributed by atoms with Gasteiger partial charge in [-0.3, -0.25) is 20.2 Å². The summed E-state index contributed by atoms with van der Waals surface area (Å²) in [7, 11) is 0. The van der Waals surface area contributed by atoms with Crippen LogP contribution < -0.4 is 9.47 Å². The normalized spacial score (nSPS) is 11.5. The molecule has 0 aliphatic carbocycles. The lowest BCUT2D eigenvalue weighted by Gasteiger charge is -2.12. The van der Waals surface area contributed by atoms with Crippen LogP contribution in [0.3, 0.4) is 0 Å². The van der Waals surface area contributed by atoms with E-state index >= 15 is 0 Å². The van der Waals surface area contributed by atoms with E-state index in [1.165, 1.54) is 0 Å². The molecule has 0 atom stereocenters. The first-order chi connectivity index (χ1) is 23.8. The number of carbonyl (C=O) groups excluding carboxylic acids is 2. The zero-order chi connectivity index (χ0) is 37.7. The van der Waals surface area contributed by atoms with E-state index in [1.54, 1.807) is 0 Å². The van der Waals surface area contributed by atoms with E-state index in [9.17, 15) is 56.2 Å². The average molecular weight is 763 g/mol. The molecule has 0 radical (unpaired) electrons. The summed E-state index contributed by atoms with van der Waals surface area (Å²) in [5.41, 5.74) is -4.72. The largest absolute Gasteiger partial charge is 0.462 e. The van der Waals surface area contributed by atoms with E-state index in [-0.39, 0.29) is 29.4 Å². The molecule has 12 nitrogen and oxygen atoms in total. The molecule has 0 N–H and O–H groups in total. The Kier molecular flexibility index (Phi) is 11.6. The van der Waals surface area contributed by atoms with Crippen molar-refractivity contribution < 1.29 is 64.7 Å². The molecule has 0 bridgehead atoms. The maximum Gasteiger partial charge on any atom is 0.416 e. The van der Waals surface area contributed by atoms with Crippen LogP contribution in [0.25, 0.3) is 0 Å². The molecule has 0 unspecified atom stereocenters. The van der Waals surface area contributed by atoms with Crippen molar-refractivity contribution >= 4 is 46.5 Å². The van der Waals surface area contributed by atoms with E-state index < -0.39 is 91.0 Å². The summed E-state index contributed by atoms with van der Waals surface area (Å²) in [6.45, 7) is -0.951. The van der Waals surface area contributed by atoms with Gasteiger partial charge >= 0.3 is 24.3 Å². The second kappa shape index (κ2) is 15.5. The van der Waals surface area contributed by atoms with Gasteiger partial charge in [-0.25, -0.2) is 9.59 Å². The minimum absolute atomic E-state index is 0.201. The highest BCUT2D eigenvalue weighted by molar-refractivity contribution is 6.32. The molecule has 0 heterocycles. The summed E-state index contributed by atoms with van der Waals surface area (Å²) in [6.07, 6.45) is -9.56. The van der Waals surface area contributed by atoms with Crippen LogP contribution in [0.5, 0.6) is 23.0 Å². The number of hydrogen-bond donors (Lipinski definition) is 0. The lowest BCUT2D eigenvalue weighted by molar-refractivity contribution is -0.385. The van der Waals surface area contributed by atoms with E-state index in [2.05, 4.69) is 0 Å². The minimum Gasteiger partial charge on any atom is -0.462 e. The Morgan fingerprint density at radius 3 is 1.29 bits per heavy atom. The Morgan fingerprint density at radius 2 is 0.980 bits per heavy atom. The minimum atomic E-state index is -4.68. The van der Waals surface area contributed by atoms with Crippen LogP contribution in [-0.2, 0) is 21.8 Å². The lowest BCUT2D eigenvalue weighted by atomic mass is 10.1. The molecule has 51 heavy (non-hydrogen) atoms. The molecule has 268 valence electrons. The summed E-state index contributed by atoms with van der Waals surface area (Å²) in [5.74, 6) is -3.37. The molecule has 0 fully saturated rings. The highest BCUT2D eigenvalue weighted by Gasteiger charge is 2.32. The molecule has 0 saturated carbocycles. The van der Waals surface area contributed by atoms with Crippen molar-refractivity contribution in [2.24, 2.45) is 0 Å². The SMILES string of the molecule is O=C(OCCCOC(=O)c1cc(Oc2ccc(C(F)(F)F)cc2Cl)ccc1[N+](=O)[O-])c1cc(Oc2ccc(C(F)(F)F)cc2Cl)ccc1[N+](=O)[O-]. The highest BCUT2D eigenvalue weighted by atomic mass is 35.5. The van der Waals surface area contributed by atoms with Crippen molar-refractivity contribution in [1.82, 2.24) is 0 Å². The zero-order valence-electron chi connectivity index (χ0n) is 25.1. The number of benzene rings is 4. The zero-order valence-corrected chi connectivity index (χ0v) is 26.6. The van der Waals surface area contributed by atoms with Gasteiger partial charge in [-0.05, 0) is 48.5 Å². The maximum atomic E-state index is 12.9. The fraction of sp³-hybridized carbons (Fsp3) is 0.161. The molecule has 0 saturated heterocycles. The first kappa shape index (κ1) is 38.2. The van der Waals surface area contributed by atoms with Gasteiger partial charge in [-0.15, -0.1) is 0 Å². The standard InChI is InChI=1S/C31H18Cl2F6N2O10/c32-22-12-16(30(34,35)36)2-8-26(22)50-18-4-6-24(40(44)45)20(14-18)28(42)48-10-1-11-49-29(43)21-15-19(5-7-25(21)41(46)47)51-27-9-3-17(13-23(27)33)31(37,38)39/h2-9,12-15H,1,10-11H2. The van der Waals surface area contributed by atoms with Crippen LogP contribution >= 0.6 is 23.2 Å². The first-order valence-corrected chi connectivity index (χ1v) is 14.6. The fourth-order valence-electron chi connectivity index (χ4n) is 4.12. The number of nitrogens with zero attached hydrogens (tertiary/aromatic N) is 2. The number of hydrogen-bond acceptors (Lipinski definition) is 10. The fourth-order valence-corrected chi connectivity index (χ4v) is 4.56. The summed E-state index contributed by atoms with van der Waals surface area (Å²) in [5, 5.41) is 22.1. The second-order valence-corrected chi connectivity index (χ2v) is 10.8. The topological polar surface area (TPSA) is 157 Å². The number of esters is 2. The second-order valence-electron chi connectivity index (χ2n) is 9.99. The molecule has 0 aliphatic rings. The van der Waals surface area contributed by atoms with Crippen LogP contribution in [0, 0.1) is 20.2 Å². The molecule has 0 aliphatic heterocycles. The van der Waals surface area contributed by atoms with Gasteiger partial charge in [-0.2, -0.15) is 26.3 Å². The highest BCUT2D eigenvalue weighted by Crippen LogP contribution is 2.39. The van der Waals surface area contributed by atoms with Gasteiger partial charge in [-0.1, -0.05) is 23.2 Å². The third-order valence-electron chi connectivity index (χ3n) is 6.50. The van der Waals surface area contributed by atoms with Gasteiger partial charge in [0, 0.05) is 30.7 Å². The molecule has 0 aromatic heterocycles.